The number of rotatable bonds is 6. The number of nitrogens with zero attached hydrogens (tertiary/aromatic N) is 3. The molecule has 2 aromatic carbocycles. The van der Waals surface area contributed by atoms with Crippen molar-refractivity contribution in [3.63, 3.8) is 0 Å². The number of urea groups is 1. The number of carbonyl (C=O) groups is 1. The molecule has 0 radical (unpaired) electrons. The topological polar surface area (TPSA) is 48.1 Å². The fraction of sp³-hybridized carbons (Fsp3) is 0.381. The molecule has 1 saturated heterocycles. The quantitative estimate of drug-likeness (QED) is 0.751. The number of amides is 2. The number of benzene rings is 2. The third kappa shape index (κ3) is 4.20. The van der Waals surface area contributed by atoms with Crippen LogP contribution in [-0.4, -0.2) is 61.6 Å². The van der Waals surface area contributed by atoms with Crippen LogP contribution in [0.25, 0.3) is 0 Å². The summed E-state index contributed by atoms with van der Waals surface area (Å²) in [6, 6.07) is 16.1. The molecule has 2 aliphatic heterocycles. The highest BCUT2D eigenvalue weighted by Crippen LogP contribution is 2.34. The van der Waals surface area contributed by atoms with Gasteiger partial charge < -0.3 is 15.0 Å². The van der Waals surface area contributed by atoms with E-state index in [9.17, 15) is 4.79 Å². The molecule has 2 aliphatic rings. The van der Waals surface area contributed by atoms with Gasteiger partial charge in [0.2, 0.25) is 0 Å². The number of methoxy groups -OCH3 is 1. The Morgan fingerprint density at radius 2 is 1.75 bits per heavy atom. The number of anilines is 2. The molecule has 0 aliphatic carbocycles. The molecule has 2 amide bonds. The van der Waals surface area contributed by atoms with Crippen LogP contribution < -0.4 is 15.0 Å². The maximum Gasteiger partial charge on any atom is 0.332 e. The number of ether oxygens (including phenoxy) is 1. The first-order valence-corrected chi connectivity index (χ1v) is 10.5. The van der Waals surface area contributed by atoms with E-state index in [1.165, 1.54) is 17.6 Å². The molecule has 4 rings (SSSR count). The number of nitrogens with one attached hydrogen (secondary N) is 1. The maximum absolute atomic E-state index is 12.3. The molecule has 0 saturated carbocycles. The minimum Gasteiger partial charge on any atom is -0.495 e. The summed E-state index contributed by atoms with van der Waals surface area (Å²) in [5, 5.41) is 2.97. The molecule has 28 heavy (non-hydrogen) atoms. The monoisotopic (exact) mass is 398 g/mol. The zero-order valence-corrected chi connectivity index (χ0v) is 17.0. The average Bonchev–Trinajstić information content (AvgIpc) is 2.74. The number of hydrogen-bond donors (Lipinski definition) is 1. The number of para-hydroxylation sites is 3. The minimum absolute atomic E-state index is 0.0234. The lowest BCUT2D eigenvalue weighted by Crippen LogP contribution is -2.47. The molecule has 2 heterocycles. The molecule has 1 N–H and O–H groups in total. The highest BCUT2D eigenvalue weighted by molar-refractivity contribution is 7.97. The van der Waals surface area contributed by atoms with Crippen molar-refractivity contribution in [2.24, 2.45) is 0 Å². The number of piperazine rings is 1. The van der Waals surface area contributed by atoms with E-state index in [4.69, 9.17) is 4.74 Å². The Kier molecular flexibility index (Phi) is 5.92. The van der Waals surface area contributed by atoms with Crippen LogP contribution in [0.3, 0.4) is 0 Å². The standard InChI is InChI=1S/C21H26N4O2S/c1-27-19-9-4-3-8-18(19)24-15-13-23(14-16-24)11-6-12-25-21(26)22-17-7-2-5-10-20(17)28-25/h2-5,7-10H,6,11-16H2,1H3,(H,22,26). The molecule has 0 aromatic heterocycles. The van der Waals surface area contributed by atoms with Gasteiger partial charge in [-0.05, 0) is 42.6 Å². The van der Waals surface area contributed by atoms with Crippen LogP contribution in [0.15, 0.2) is 53.4 Å². The number of carbonyl (C=O) groups excluding carboxylic acids is 1. The van der Waals surface area contributed by atoms with E-state index in [1.54, 1.807) is 7.11 Å². The SMILES string of the molecule is COc1ccccc1N1CCN(CCCN2Sc3ccccc3NC2=O)CC1. The molecule has 148 valence electrons. The van der Waals surface area contributed by atoms with E-state index in [1.807, 2.05) is 40.7 Å². The maximum atomic E-state index is 12.3. The van der Waals surface area contributed by atoms with Crippen LogP contribution >= 0.6 is 11.9 Å². The lowest BCUT2D eigenvalue weighted by atomic mass is 10.2. The van der Waals surface area contributed by atoms with Crippen LogP contribution in [0, 0.1) is 0 Å². The molecule has 0 atom stereocenters. The zero-order chi connectivity index (χ0) is 19.3. The van der Waals surface area contributed by atoms with Crippen molar-refractivity contribution in [3.05, 3.63) is 48.5 Å². The number of fused-ring (bicyclic) bond motifs is 1. The van der Waals surface area contributed by atoms with Gasteiger partial charge in [0.1, 0.15) is 5.75 Å². The van der Waals surface area contributed by atoms with Gasteiger partial charge in [0, 0.05) is 39.3 Å². The van der Waals surface area contributed by atoms with E-state index in [2.05, 4.69) is 27.2 Å². The van der Waals surface area contributed by atoms with Crippen LogP contribution in [-0.2, 0) is 0 Å². The summed E-state index contributed by atoms with van der Waals surface area (Å²) in [7, 11) is 1.72. The summed E-state index contributed by atoms with van der Waals surface area (Å²) in [6.07, 6.45) is 0.969. The highest BCUT2D eigenvalue weighted by atomic mass is 32.2. The van der Waals surface area contributed by atoms with Crippen LogP contribution in [0.1, 0.15) is 6.42 Å². The zero-order valence-electron chi connectivity index (χ0n) is 16.1. The van der Waals surface area contributed by atoms with Crippen LogP contribution in [0.2, 0.25) is 0 Å². The lowest BCUT2D eigenvalue weighted by Gasteiger charge is -2.37. The molecular weight excluding hydrogens is 372 g/mol. The van der Waals surface area contributed by atoms with Crippen molar-refractivity contribution in [2.45, 2.75) is 11.3 Å². The Bertz CT molecular complexity index is 824. The molecule has 2 aromatic rings. The van der Waals surface area contributed by atoms with Crippen molar-refractivity contribution in [1.82, 2.24) is 9.21 Å². The second-order valence-corrected chi connectivity index (χ2v) is 8.04. The van der Waals surface area contributed by atoms with E-state index in [-0.39, 0.29) is 6.03 Å². The van der Waals surface area contributed by atoms with Gasteiger partial charge in [-0.1, -0.05) is 24.3 Å². The third-order valence-corrected chi connectivity index (χ3v) is 6.32. The fourth-order valence-electron chi connectivity index (χ4n) is 3.68. The summed E-state index contributed by atoms with van der Waals surface area (Å²) in [5.41, 5.74) is 2.07. The predicted octanol–water partition coefficient (Wildman–Crippen LogP) is 3.76. The number of hydrogen-bond acceptors (Lipinski definition) is 5. The van der Waals surface area contributed by atoms with E-state index < -0.39 is 0 Å². The van der Waals surface area contributed by atoms with Gasteiger partial charge in [0.05, 0.1) is 23.4 Å². The second kappa shape index (κ2) is 8.75. The van der Waals surface area contributed by atoms with Gasteiger partial charge in [-0.15, -0.1) is 0 Å². The summed E-state index contributed by atoms with van der Waals surface area (Å²) in [5.74, 6) is 0.935. The summed E-state index contributed by atoms with van der Waals surface area (Å²) in [4.78, 5) is 18.2. The Labute approximate surface area is 170 Å². The van der Waals surface area contributed by atoms with Gasteiger partial charge in [0.25, 0.3) is 0 Å². The Balaban J connectivity index is 1.23. The normalized spacial score (nSPS) is 17.2. The second-order valence-electron chi connectivity index (χ2n) is 6.97. The van der Waals surface area contributed by atoms with Crippen molar-refractivity contribution in [3.8, 4) is 5.75 Å². The molecule has 1 fully saturated rings. The third-order valence-electron chi connectivity index (χ3n) is 5.20. The van der Waals surface area contributed by atoms with E-state index in [0.717, 1.165) is 62.0 Å². The van der Waals surface area contributed by atoms with Gasteiger partial charge in [-0.3, -0.25) is 9.21 Å². The summed E-state index contributed by atoms with van der Waals surface area (Å²) in [6.45, 7) is 5.79. The van der Waals surface area contributed by atoms with E-state index >= 15 is 0 Å². The van der Waals surface area contributed by atoms with E-state index in [0.29, 0.717) is 0 Å². The van der Waals surface area contributed by atoms with Crippen molar-refractivity contribution in [1.29, 1.82) is 0 Å². The Morgan fingerprint density at radius 3 is 2.57 bits per heavy atom. The molecular formula is C21H26N4O2S. The average molecular weight is 399 g/mol. The van der Waals surface area contributed by atoms with Gasteiger partial charge in [-0.2, -0.15) is 0 Å². The molecule has 0 spiro atoms. The lowest BCUT2D eigenvalue weighted by molar-refractivity contribution is 0.229. The summed E-state index contributed by atoms with van der Waals surface area (Å²) < 4.78 is 7.32. The fourth-order valence-corrected chi connectivity index (χ4v) is 4.62. The minimum atomic E-state index is -0.0234. The van der Waals surface area contributed by atoms with Gasteiger partial charge in [-0.25, -0.2) is 4.79 Å². The Morgan fingerprint density at radius 1 is 1.00 bits per heavy atom. The van der Waals surface area contributed by atoms with Crippen molar-refractivity contribution < 1.29 is 9.53 Å². The molecule has 7 heteroatoms. The predicted molar refractivity (Wildman–Crippen MR) is 114 cm³/mol. The van der Waals surface area contributed by atoms with Crippen molar-refractivity contribution in [2.75, 3.05) is 56.6 Å². The molecule has 0 bridgehead atoms. The van der Waals surface area contributed by atoms with Crippen LogP contribution in [0.5, 0.6) is 5.75 Å². The van der Waals surface area contributed by atoms with Gasteiger partial charge in [0.15, 0.2) is 0 Å². The first-order chi connectivity index (χ1) is 13.7. The largest absolute Gasteiger partial charge is 0.495 e. The Hall–Kier alpha value is -2.38. The summed E-state index contributed by atoms with van der Waals surface area (Å²) >= 11 is 1.53. The molecule has 6 nitrogen and oxygen atoms in total. The first-order valence-electron chi connectivity index (χ1n) is 9.70. The first kappa shape index (κ1) is 19.0. The smallest absolute Gasteiger partial charge is 0.332 e. The van der Waals surface area contributed by atoms with Crippen LogP contribution in [0.4, 0.5) is 16.2 Å². The highest BCUT2D eigenvalue weighted by Gasteiger charge is 2.24. The molecule has 0 unspecified atom stereocenters. The van der Waals surface area contributed by atoms with Gasteiger partial charge >= 0.3 is 6.03 Å². The van der Waals surface area contributed by atoms with Crippen molar-refractivity contribution >= 4 is 29.4 Å².